The predicted molar refractivity (Wildman–Crippen MR) is 119 cm³/mol. The number of aromatic nitrogens is 3. The molecule has 0 saturated heterocycles. The Morgan fingerprint density at radius 1 is 0.968 bits per heavy atom. The van der Waals surface area contributed by atoms with Crippen LogP contribution in [0.1, 0.15) is 43.8 Å². The molecule has 0 saturated carbocycles. The van der Waals surface area contributed by atoms with Gasteiger partial charge in [0, 0.05) is 24.6 Å². The van der Waals surface area contributed by atoms with E-state index in [-0.39, 0.29) is 19.8 Å². The highest BCUT2D eigenvalue weighted by molar-refractivity contribution is 6.19. The Labute approximate surface area is 181 Å². The molecule has 6 rings (SSSR count). The summed E-state index contributed by atoms with van der Waals surface area (Å²) >= 11 is 0. The van der Waals surface area contributed by atoms with E-state index in [1.165, 1.54) is 4.90 Å². The maximum atomic E-state index is 13.0. The summed E-state index contributed by atoms with van der Waals surface area (Å²) in [7, 11) is 0. The van der Waals surface area contributed by atoms with Crippen molar-refractivity contribution in [3.05, 3.63) is 76.7 Å². The summed E-state index contributed by atoms with van der Waals surface area (Å²) < 4.78 is 0. The molecule has 1 radical (unpaired) electrons. The smallest absolute Gasteiger partial charge is 0.257 e. The monoisotopic (exact) mass is 411 g/mol. The average Bonchev–Trinajstić information content (AvgIpc) is 3.47. The lowest BCUT2D eigenvalue weighted by Gasteiger charge is -2.19. The van der Waals surface area contributed by atoms with Gasteiger partial charge in [-0.15, -0.1) is 15.0 Å². The number of rotatable bonds is 4. The van der Waals surface area contributed by atoms with Gasteiger partial charge in [0.25, 0.3) is 11.8 Å². The van der Waals surface area contributed by atoms with Crippen molar-refractivity contribution in [1.82, 2.24) is 19.9 Å². The summed E-state index contributed by atoms with van der Waals surface area (Å²) in [5.41, 5.74) is 8.01. The van der Waals surface area contributed by atoms with Gasteiger partial charge in [0.2, 0.25) is 0 Å². The SMILES string of the molecule is Cc1cc(CN2C(=O)C3=C(CCCC3)C2=O)c(C2=C[CH]2)c(-n2nc3ccccc3n2)c1.[HH]. The van der Waals surface area contributed by atoms with Gasteiger partial charge < -0.3 is 0 Å². The fraction of sp³-hybridized carbons (Fsp3) is 0.240. The van der Waals surface area contributed by atoms with Gasteiger partial charge >= 0.3 is 0 Å². The van der Waals surface area contributed by atoms with Crippen molar-refractivity contribution < 1.29 is 11.0 Å². The van der Waals surface area contributed by atoms with Crippen molar-refractivity contribution in [3.8, 4) is 5.69 Å². The second-order valence-electron chi connectivity index (χ2n) is 8.45. The number of hydrogen-bond acceptors (Lipinski definition) is 4. The zero-order valence-corrected chi connectivity index (χ0v) is 17.3. The summed E-state index contributed by atoms with van der Waals surface area (Å²) in [6.07, 6.45) is 7.46. The first-order chi connectivity index (χ1) is 15.1. The lowest BCUT2D eigenvalue weighted by molar-refractivity contribution is -0.138. The number of carbonyl (C=O) groups is 2. The summed E-state index contributed by atoms with van der Waals surface area (Å²) in [4.78, 5) is 29.1. The molecule has 0 unspecified atom stereocenters. The van der Waals surface area contributed by atoms with Gasteiger partial charge in [0.1, 0.15) is 11.0 Å². The van der Waals surface area contributed by atoms with E-state index in [1.807, 2.05) is 43.7 Å². The number of benzene rings is 2. The second-order valence-corrected chi connectivity index (χ2v) is 8.45. The van der Waals surface area contributed by atoms with Gasteiger partial charge in [-0.2, -0.15) is 0 Å². The standard InChI is InChI=1S/C25H21N4O2.H2/c1-15-12-17(14-28-24(30)18-6-2-3-7-19(18)25(28)31)23(16-10-11-16)22(13-15)29-26-20-8-4-5-9-21(20)27-29;/h4-5,8-13H,2-3,6-7,14H2,1H3;1H. The van der Waals surface area contributed by atoms with E-state index in [9.17, 15) is 9.59 Å². The number of carbonyl (C=O) groups excluding carboxylic acids is 2. The predicted octanol–water partition coefficient (Wildman–Crippen LogP) is 4.32. The molecular formula is C25H23N4O2. The van der Waals surface area contributed by atoms with Gasteiger partial charge in [0.05, 0.1) is 12.2 Å². The molecule has 0 spiro atoms. The first-order valence-electron chi connectivity index (χ1n) is 10.7. The number of fused-ring (bicyclic) bond motifs is 1. The maximum absolute atomic E-state index is 13.0. The molecule has 2 heterocycles. The fourth-order valence-electron chi connectivity index (χ4n) is 4.74. The summed E-state index contributed by atoms with van der Waals surface area (Å²) in [6.45, 7) is 2.28. The lowest BCUT2D eigenvalue weighted by atomic mass is 9.93. The molecule has 1 aromatic heterocycles. The Morgan fingerprint density at radius 3 is 2.16 bits per heavy atom. The highest BCUT2D eigenvalue weighted by Crippen LogP contribution is 2.39. The fourth-order valence-corrected chi connectivity index (χ4v) is 4.74. The average molecular weight is 411 g/mol. The molecule has 0 fully saturated rings. The Hall–Kier alpha value is -3.54. The summed E-state index contributed by atoms with van der Waals surface area (Å²) in [5.74, 6) is -0.240. The Balaban J connectivity index is 0.00000216. The highest BCUT2D eigenvalue weighted by Gasteiger charge is 2.39. The molecule has 3 aliphatic rings. The van der Waals surface area contributed by atoms with Gasteiger partial charge in [-0.3, -0.25) is 14.5 Å². The van der Waals surface area contributed by atoms with Crippen LogP contribution in [0.4, 0.5) is 0 Å². The van der Waals surface area contributed by atoms with E-state index >= 15 is 0 Å². The molecule has 6 heteroatoms. The van der Waals surface area contributed by atoms with E-state index in [0.717, 1.165) is 63.0 Å². The molecule has 6 nitrogen and oxygen atoms in total. The molecule has 0 bridgehead atoms. The summed E-state index contributed by atoms with van der Waals surface area (Å²) in [6, 6.07) is 11.9. The van der Waals surface area contributed by atoms with Crippen LogP contribution in [0.15, 0.2) is 53.6 Å². The van der Waals surface area contributed by atoms with Crippen LogP contribution >= 0.6 is 0 Å². The number of nitrogens with zero attached hydrogens (tertiary/aromatic N) is 4. The quantitative estimate of drug-likeness (QED) is 0.600. The number of hydrogen-bond donors (Lipinski definition) is 0. The van der Waals surface area contributed by atoms with E-state index in [2.05, 4.69) is 22.3 Å². The Bertz CT molecular complexity index is 1290. The lowest BCUT2D eigenvalue weighted by Crippen LogP contribution is -2.31. The maximum Gasteiger partial charge on any atom is 0.257 e. The number of amides is 2. The highest BCUT2D eigenvalue weighted by atomic mass is 16.2. The van der Waals surface area contributed by atoms with Gasteiger partial charge in [-0.25, -0.2) is 0 Å². The minimum absolute atomic E-state index is 0. The number of allylic oxidation sites excluding steroid dienone is 2. The van der Waals surface area contributed by atoms with Crippen molar-refractivity contribution in [2.24, 2.45) is 0 Å². The van der Waals surface area contributed by atoms with Gasteiger partial charge in [-0.05, 0) is 67.5 Å². The zero-order valence-electron chi connectivity index (χ0n) is 17.3. The molecule has 0 N–H and O–H groups in total. The Morgan fingerprint density at radius 2 is 1.58 bits per heavy atom. The van der Waals surface area contributed by atoms with Crippen LogP contribution in [-0.4, -0.2) is 31.7 Å². The normalized spacial score (nSPS) is 18.1. The largest absolute Gasteiger partial charge is 0.270 e. The van der Waals surface area contributed by atoms with Crippen LogP contribution in [0.5, 0.6) is 0 Å². The zero-order chi connectivity index (χ0) is 21.1. The van der Waals surface area contributed by atoms with Crippen molar-refractivity contribution in [2.45, 2.75) is 39.2 Å². The van der Waals surface area contributed by atoms with Crippen LogP contribution in [0.25, 0.3) is 22.3 Å². The first-order valence-corrected chi connectivity index (χ1v) is 10.7. The van der Waals surface area contributed by atoms with E-state index in [0.29, 0.717) is 12.8 Å². The third-order valence-corrected chi connectivity index (χ3v) is 6.27. The van der Waals surface area contributed by atoms with Crippen LogP contribution in [0.3, 0.4) is 0 Å². The number of aryl methyl sites for hydroxylation is 1. The van der Waals surface area contributed by atoms with Crippen LogP contribution in [0.2, 0.25) is 0 Å². The van der Waals surface area contributed by atoms with Gasteiger partial charge in [0.15, 0.2) is 0 Å². The topological polar surface area (TPSA) is 68.1 Å². The van der Waals surface area contributed by atoms with Gasteiger partial charge in [-0.1, -0.05) is 24.3 Å². The third-order valence-electron chi connectivity index (χ3n) is 6.27. The number of imide groups is 1. The first kappa shape index (κ1) is 18.2. The molecule has 31 heavy (non-hydrogen) atoms. The van der Waals surface area contributed by atoms with Crippen LogP contribution in [0, 0.1) is 13.3 Å². The second kappa shape index (κ2) is 6.74. The third kappa shape index (κ3) is 2.93. The molecular weight excluding hydrogens is 388 g/mol. The minimum Gasteiger partial charge on any atom is -0.270 e. The molecule has 155 valence electrons. The van der Waals surface area contributed by atoms with E-state index in [4.69, 9.17) is 0 Å². The molecule has 2 amide bonds. The van der Waals surface area contributed by atoms with E-state index in [1.54, 1.807) is 4.80 Å². The molecule has 3 aromatic rings. The Kier molecular flexibility index (Phi) is 3.96. The van der Waals surface area contributed by atoms with Crippen molar-refractivity contribution in [3.63, 3.8) is 0 Å². The van der Waals surface area contributed by atoms with Crippen molar-refractivity contribution in [2.75, 3.05) is 0 Å². The molecule has 2 aliphatic carbocycles. The van der Waals surface area contributed by atoms with Crippen molar-refractivity contribution >= 4 is 28.4 Å². The summed E-state index contributed by atoms with van der Waals surface area (Å²) in [5, 5.41) is 9.33. The molecule has 1 aliphatic heterocycles. The van der Waals surface area contributed by atoms with Crippen molar-refractivity contribution in [1.29, 1.82) is 0 Å². The molecule has 0 atom stereocenters. The minimum atomic E-state index is -0.120. The van der Waals surface area contributed by atoms with E-state index < -0.39 is 0 Å². The van der Waals surface area contributed by atoms with Crippen LogP contribution < -0.4 is 0 Å². The van der Waals surface area contributed by atoms with Crippen LogP contribution in [-0.2, 0) is 16.1 Å². The molecule has 2 aromatic carbocycles.